The monoisotopic (exact) mass is 371 g/mol. The third-order valence-corrected chi connectivity index (χ3v) is 3.89. The highest BCUT2D eigenvalue weighted by Gasteiger charge is 2.05. The fourth-order valence-corrected chi connectivity index (χ4v) is 2.55. The quantitative estimate of drug-likeness (QED) is 0.542. The normalized spacial score (nSPS) is 11.0. The van der Waals surface area contributed by atoms with Crippen molar-refractivity contribution >= 4 is 39.0 Å². The van der Waals surface area contributed by atoms with Gasteiger partial charge in [-0.2, -0.15) is 5.10 Å². The van der Waals surface area contributed by atoms with Crippen molar-refractivity contribution in [2.45, 2.75) is 0 Å². The number of methoxy groups -OCH3 is 1. The number of fused-ring (bicyclic) bond motifs is 1. The van der Waals surface area contributed by atoms with Crippen LogP contribution in [-0.2, 0) is 0 Å². The Morgan fingerprint density at radius 3 is 2.78 bits per heavy atom. The number of rotatable bonds is 4. The second kappa shape index (κ2) is 6.66. The Balaban J connectivity index is 1.72. The van der Waals surface area contributed by atoms with Crippen LogP contribution in [0.2, 0.25) is 0 Å². The summed E-state index contributed by atoms with van der Waals surface area (Å²) in [6.45, 7) is 0. The first-order valence-corrected chi connectivity index (χ1v) is 7.71. The van der Waals surface area contributed by atoms with E-state index in [1.807, 2.05) is 24.4 Å². The van der Waals surface area contributed by atoms with Crippen LogP contribution in [0.1, 0.15) is 15.9 Å². The van der Waals surface area contributed by atoms with Crippen molar-refractivity contribution in [2.24, 2.45) is 5.10 Å². The average molecular weight is 372 g/mol. The van der Waals surface area contributed by atoms with Gasteiger partial charge in [0.2, 0.25) is 0 Å². The summed E-state index contributed by atoms with van der Waals surface area (Å²) in [5.41, 5.74) is 4.95. The number of carbonyl (C=O) groups is 1. The first kappa shape index (κ1) is 15.3. The van der Waals surface area contributed by atoms with Crippen molar-refractivity contribution in [2.75, 3.05) is 7.11 Å². The van der Waals surface area contributed by atoms with Crippen LogP contribution in [-0.4, -0.2) is 24.2 Å². The molecule has 5 nitrogen and oxygen atoms in total. The summed E-state index contributed by atoms with van der Waals surface area (Å²) >= 11 is 3.45. The van der Waals surface area contributed by atoms with Crippen molar-refractivity contribution in [1.29, 1.82) is 0 Å². The highest BCUT2D eigenvalue weighted by molar-refractivity contribution is 9.10. The van der Waals surface area contributed by atoms with Gasteiger partial charge in [0.05, 0.1) is 13.3 Å². The second-order valence-corrected chi connectivity index (χ2v) is 5.78. The number of aromatic amines is 1. The van der Waals surface area contributed by atoms with Crippen LogP contribution in [0, 0.1) is 0 Å². The smallest absolute Gasteiger partial charge is 0.271 e. The van der Waals surface area contributed by atoms with E-state index in [-0.39, 0.29) is 5.91 Å². The molecular formula is C17H14BrN3O2. The Morgan fingerprint density at radius 1 is 1.26 bits per heavy atom. The highest BCUT2D eigenvalue weighted by Crippen LogP contribution is 2.21. The molecular weight excluding hydrogens is 358 g/mol. The number of hydrazone groups is 1. The van der Waals surface area contributed by atoms with E-state index in [0.717, 1.165) is 20.9 Å². The standard InChI is InChI=1S/C17H14BrN3O2/c1-23-14-5-2-11(3-6-14)17(22)21-20-10-12-9-19-16-7-4-13(18)8-15(12)16/h2-10,19H,1H3,(H,21,22)/b20-10+. The van der Waals surface area contributed by atoms with E-state index in [9.17, 15) is 4.79 Å². The highest BCUT2D eigenvalue weighted by atomic mass is 79.9. The van der Waals surface area contributed by atoms with Crippen LogP contribution in [0.15, 0.2) is 58.2 Å². The fraction of sp³-hybridized carbons (Fsp3) is 0.0588. The first-order valence-electron chi connectivity index (χ1n) is 6.91. The van der Waals surface area contributed by atoms with Crippen LogP contribution in [0.4, 0.5) is 0 Å². The van der Waals surface area contributed by atoms with Crippen LogP contribution < -0.4 is 10.2 Å². The third-order valence-electron chi connectivity index (χ3n) is 3.40. The van der Waals surface area contributed by atoms with Gasteiger partial charge < -0.3 is 9.72 Å². The molecule has 1 heterocycles. The maximum absolute atomic E-state index is 12.0. The molecule has 0 bridgehead atoms. The van der Waals surface area contributed by atoms with Gasteiger partial charge in [0.25, 0.3) is 5.91 Å². The topological polar surface area (TPSA) is 66.5 Å². The number of benzene rings is 2. The van der Waals surface area contributed by atoms with Crippen LogP contribution >= 0.6 is 15.9 Å². The molecule has 1 amide bonds. The van der Waals surface area contributed by atoms with Crippen LogP contribution in [0.5, 0.6) is 5.75 Å². The second-order valence-electron chi connectivity index (χ2n) is 4.86. The molecule has 0 radical (unpaired) electrons. The lowest BCUT2D eigenvalue weighted by molar-refractivity contribution is 0.0955. The van der Waals surface area contributed by atoms with E-state index in [1.165, 1.54) is 0 Å². The molecule has 3 aromatic rings. The van der Waals surface area contributed by atoms with E-state index >= 15 is 0 Å². The number of aromatic nitrogens is 1. The molecule has 1 aromatic heterocycles. The zero-order valence-corrected chi connectivity index (χ0v) is 13.9. The maximum atomic E-state index is 12.0. The zero-order chi connectivity index (χ0) is 16.2. The molecule has 0 fully saturated rings. The van der Waals surface area contributed by atoms with Crippen LogP contribution in [0.3, 0.4) is 0 Å². The van der Waals surface area contributed by atoms with E-state index in [1.54, 1.807) is 37.6 Å². The predicted octanol–water partition coefficient (Wildman–Crippen LogP) is 3.70. The molecule has 6 heteroatoms. The lowest BCUT2D eigenvalue weighted by atomic mass is 10.2. The number of hydrogen-bond donors (Lipinski definition) is 2. The average Bonchev–Trinajstić information content (AvgIpc) is 2.97. The largest absolute Gasteiger partial charge is 0.497 e. The van der Waals surface area contributed by atoms with Crippen LogP contribution in [0.25, 0.3) is 10.9 Å². The van der Waals surface area contributed by atoms with Gasteiger partial charge in [0, 0.05) is 32.7 Å². The van der Waals surface area contributed by atoms with E-state index in [0.29, 0.717) is 11.3 Å². The number of hydrogen-bond acceptors (Lipinski definition) is 3. The van der Waals surface area contributed by atoms with Gasteiger partial charge in [0.15, 0.2) is 0 Å². The fourth-order valence-electron chi connectivity index (χ4n) is 2.19. The molecule has 0 spiro atoms. The number of ether oxygens (including phenoxy) is 1. The van der Waals surface area contributed by atoms with Gasteiger partial charge in [-0.25, -0.2) is 5.43 Å². The van der Waals surface area contributed by atoms with Crippen molar-refractivity contribution in [3.05, 3.63) is 64.3 Å². The van der Waals surface area contributed by atoms with E-state index in [2.05, 4.69) is 31.4 Å². The number of carbonyl (C=O) groups excluding carboxylic acids is 1. The number of nitrogens with zero attached hydrogens (tertiary/aromatic N) is 1. The molecule has 0 aliphatic heterocycles. The lowest BCUT2D eigenvalue weighted by Crippen LogP contribution is -2.17. The molecule has 3 rings (SSSR count). The molecule has 0 aliphatic rings. The molecule has 23 heavy (non-hydrogen) atoms. The van der Waals surface area contributed by atoms with Crippen molar-refractivity contribution < 1.29 is 9.53 Å². The summed E-state index contributed by atoms with van der Waals surface area (Å²) in [4.78, 5) is 15.2. The minimum atomic E-state index is -0.273. The molecule has 2 aromatic carbocycles. The number of halogens is 1. The molecule has 0 atom stereocenters. The SMILES string of the molecule is COc1ccc(C(=O)N/N=C/c2c[nH]c3ccc(Br)cc23)cc1. The van der Waals surface area contributed by atoms with Crippen molar-refractivity contribution in [3.8, 4) is 5.75 Å². The minimum Gasteiger partial charge on any atom is -0.497 e. The number of nitrogens with one attached hydrogen (secondary N) is 2. The summed E-state index contributed by atoms with van der Waals surface area (Å²) in [6, 6.07) is 12.8. The van der Waals surface area contributed by atoms with E-state index in [4.69, 9.17) is 4.74 Å². The Hall–Kier alpha value is -2.60. The Morgan fingerprint density at radius 2 is 2.04 bits per heavy atom. The molecule has 0 aliphatic carbocycles. The Kier molecular flexibility index (Phi) is 4.43. The maximum Gasteiger partial charge on any atom is 0.271 e. The number of H-pyrrole nitrogens is 1. The van der Waals surface area contributed by atoms with E-state index < -0.39 is 0 Å². The molecule has 0 saturated heterocycles. The summed E-state index contributed by atoms with van der Waals surface area (Å²) in [7, 11) is 1.58. The van der Waals surface area contributed by atoms with Crippen molar-refractivity contribution in [1.82, 2.24) is 10.4 Å². The summed E-state index contributed by atoms with van der Waals surface area (Å²) in [6.07, 6.45) is 3.47. The first-order chi connectivity index (χ1) is 11.2. The van der Waals surface area contributed by atoms with Gasteiger partial charge in [-0.05, 0) is 42.5 Å². The zero-order valence-electron chi connectivity index (χ0n) is 12.3. The Labute approximate surface area is 141 Å². The van der Waals surface area contributed by atoms with Gasteiger partial charge in [-0.3, -0.25) is 4.79 Å². The summed E-state index contributed by atoms with van der Waals surface area (Å²) in [5.74, 6) is 0.430. The van der Waals surface area contributed by atoms with Gasteiger partial charge in [-0.15, -0.1) is 0 Å². The van der Waals surface area contributed by atoms with Crippen molar-refractivity contribution in [3.63, 3.8) is 0 Å². The van der Waals surface area contributed by atoms with Gasteiger partial charge >= 0.3 is 0 Å². The molecule has 116 valence electrons. The summed E-state index contributed by atoms with van der Waals surface area (Å²) in [5, 5.41) is 5.05. The van der Waals surface area contributed by atoms with Gasteiger partial charge in [0.1, 0.15) is 5.75 Å². The van der Waals surface area contributed by atoms with Gasteiger partial charge in [-0.1, -0.05) is 15.9 Å². The minimum absolute atomic E-state index is 0.273. The summed E-state index contributed by atoms with van der Waals surface area (Å²) < 4.78 is 6.05. The Bertz CT molecular complexity index is 869. The lowest BCUT2D eigenvalue weighted by Gasteiger charge is -2.02. The predicted molar refractivity (Wildman–Crippen MR) is 94.1 cm³/mol. The molecule has 0 saturated carbocycles. The molecule has 2 N–H and O–H groups in total. The number of amides is 1. The third kappa shape index (κ3) is 3.43. The molecule has 0 unspecified atom stereocenters.